The Kier molecular flexibility index (Phi) is 3.53. The Morgan fingerprint density at radius 3 is 2.64 bits per heavy atom. The molecular formula is C23H32O2. The van der Waals surface area contributed by atoms with Crippen LogP contribution in [-0.2, 0) is 4.79 Å². The van der Waals surface area contributed by atoms with Crippen LogP contribution in [0.15, 0.2) is 23.0 Å². The van der Waals surface area contributed by atoms with E-state index in [1.807, 2.05) is 12.5 Å². The normalized spacial score (nSPS) is 49.4. The monoisotopic (exact) mass is 340 g/mol. The molecule has 4 aliphatic carbocycles. The number of rotatable bonds is 1. The fourth-order valence-corrected chi connectivity index (χ4v) is 8.07. The van der Waals surface area contributed by atoms with Gasteiger partial charge in [0, 0.05) is 12.8 Å². The molecule has 0 radical (unpaired) electrons. The number of Topliss-reactive ketones (excluding diaryl/α,β-unsaturated/α-hetero) is 1. The molecule has 2 nitrogen and oxygen atoms in total. The molecule has 1 aromatic rings. The maximum absolute atomic E-state index is 12.0. The summed E-state index contributed by atoms with van der Waals surface area (Å²) >= 11 is 0. The lowest BCUT2D eigenvalue weighted by molar-refractivity contribution is -0.138. The van der Waals surface area contributed by atoms with Crippen molar-refractivity contribution >= 4 is 5.78 Å². The number of carbonyl (C=O) groups is 1. The molecule has 0 unspecified atom stereocenters. The maximum Gasteiger partial charge on any atom is 0.133 e. The van der Waals surface area contributed by atoms with Crippen LogP contribution in [0.25, 0.3) is 0 Å². The highest BCUT2D eigenvalue weighted by Crippen LogP contribution is 2.68. The van der Waals surface area contributed by atoms with E-state index in [2.05, 4.69) is 19.9 Å². The highest BCUT2D eigenvalue weighted by atomic mass is 16.3. The van der Waals surface area contributed by atoms with Crippen LogP contribution in [-0.4, -0.2) is 5.78 Å². The minimum absolute atomic E-state index is 0.436. The Morgan fingerprint density at radius 1 is 1.00 bits per heavy atom. The Labute approximate surface area is 151 Å². The first-order valence-corrected chi connectivity index (χ1v) is 10.6. The molecule has 7 atom stereocenters. The van der Waals surface area contributed by atoms with Crippen LogP contribution in [0.1, 0.15) is 83.1 Å². The van der Waals surface area contributed by atoms with E-state index in [0.717, 1.165) is 37.0 Å². The van der Waals surface area contributed by atoms with Crippen LogP contribution in [0.4, 0.5) is 0 Å². The van der Waals surface area contributed by atoms with Gasteiger partial charge in [-0.1, -0.05) is 13.8 Å². The lowest BCUT2D eigenvalue weighted by atomic mass is 9.44. The average molecular weight is 341 g/mol. The van der Waals surface area contributed by atoms with Gasteiger partial charge >= 0.3 is 0 Å². The standard InChI is InChI=1S/C23H32O2/c1-22-10-7-17(24)13-16(22)3-4-18-20-6-5-19(15-9-12-25-14-15)23(20,2)11-8-21(18)22/h9,12,14,16,18-21H,3-8,10-11,13H2,1-2H3/t16-,18-,19+,20-,21-,22-,23+/m0/s1. The molecule has 1 heterocycles. The molecule has 0 aromatic carbocycles. The van der Waals surface area contributed by atoms with Crippen molar-refractivity contribution in [1.82, 2.24) is 0 Å². The predicted molar refractivity (Wildman–Crippen MR) is 98.2 cm³/mol. The summed E-state index contributed by atoms with van der Waals surface area (Å²) in [7, 11) is 0. The number of carbonyl (C=O) groups excluding carboxylic acids is 1. The zero-order valence-electron chi connectivity index (χ0n) is 15.8. The highest BCUT2D eigenvalue weighted by molar-refractivity contribution is 5.79. The SMILES string of the molecule is C[C@]12CCC(=O)C[C@@H]1CC[C@@H]1[C@@H]2CC[C@]2(C)[C@@H](c3ccoc3)CC[C@@H]12. The predicted octanol–water partition coefficient (Wildman–Crippen LogP) is 5.98. The summed E-state index contributed by atoms with van der Waals surface area (Å²) in [5.41, 5.74) is 2.33. The smallest absolute Gasteiger partial charge is 0.133 e. The van der Waals surface area contributed by atoms with Gasteiger partial charge in [-0.3, -0.25) is 4.79 Å². The van der Waals surface area contributed by atoms with E-state index in [0.29, 0.717) is 28.4 Å². The highest BCUT2D eigenvalue weighted by Gasteiger charge is 2.60. The summed E-state index contributed by atoms with van der Waals surface area (Å²) in [6, 6.07) is 2.20. The Bertz CT molecular complexity index is 662. The second-order valence-electron chi connectivity index (χ2n) is 10.1. The number of furan rings is 1. The fraction of sp³-hybridized carbons (Fsp3) is 0.783. The minimum atomic E-state index is 0.436. The molecule has 1 aromatic heterocycles. The molecule has 136 valence electrons. The van der Waals surface area contributed by atoms with E-state index < -0.39 is 0 Å². The first-order valence-electron chi connectivity index (χ1n) is 10.6. The van der Waals surface area contributed by atoms with Crippen molar-refractivity contribution in [2.24, 2.45) is 34.5 Å². The van der Waals surface area contributed by atoms with E-state index in [9.17, 15) is 4.79 Å². The summed E-state index contributed by atoms with van der Waals surface area (Å²) in [5.74, 6) is 4.52. The molecule has 0 bridgehead atoms. The van der Waals surface area contributed by atoms with Crippen molar-refractivity contribution in [3.05, 3.63) is 24.2 Å². The molecule has 5 rings (SSSR count). The van der Waals surface area contributed by atoms with Gasteiger partial charge in [0.2, 0.25) is 0 Å². The van der Waals surface area contributed by atoms with Gasteiger partial charge < -0.3 is 4.42 Å². The van der Waals surface area contributed by atoms with E-state index in [1.54, 1.807) is 0 Å². The van der Waals surface area contributed by atoms with Gasteiger partial charge in [0.25, 0.3) is 0 Å². The second kappa shape index (κ2) is 5.47. The van der Waals surface area contributed by atoms with Gasteiger partial charge in [-0.2, -0.15) is 0 Å². The van der Waals surface area contributed by atoms with Crippen molar-refractivity contribution in [2.45, 2.75) is 77.6 Å². The van der Waals surface area contributed by atoms with E-state index in [4.69, 9.17) is 4.42 Å². The summed E-state index contributed by atoms with van der Waals surface area (Å²) in [4.78, 5) is 12.0. The summed E-state index contributed by atoms with van der Waals surface area (Å²) in [6.45, 7) is 5.13. The van der Waals surface area contributed by atoms with Gasteiger partial charge in [0.1, 0.15) is 5.78 Å². The number of hydrogen-bond donors (Lipinski definition) is 0. The van der Waals surface area contributed by atoms with Crippen LogP contribution in [0, 0.1) is 34.5 Å². The molecule has 2 heteroatoms. The van der Waals surface area contributed by atoms with Crippen molar-refractivity contribution < 1.29 is 9.21 Å². The Hall–Kier alpha value is -1.05. The third-order valence-corrected chi connectivity index (χ3v) is 9.43. The minimum Gasteiger partial charge on any atom is -0.472 e. The van der Waals surface area contributed by atoms with E-state index in [-0.39, 0.29) is 0 Å². The molecule has 4 saturated carbocycles. The first kappa shape index (κ1) is 16.1. The van der Waals surface area contributed by atoms with Gasteiger partial charge in [-0.25, -0.2) is 0 Å². The van der Waals surface area contributed by atoms with E-state index >= 15 is 0 Å². The molecule has 0 aliphatic heterocycles. The van der Waals surface area contributed by atoms with E-state index in [1.165, 1.54) is 44.1 Å². The topological polar surface area (TPSA) is 30.2 Å². The number of hydrogen-bond acceptors (Lipinski definition) is 2. The zero-order chi connectivity index (χ0) is 17.2. The summed E-state index contributed by atoms with van der Waals surface area (Å²) in [6.07, 6.45) is 14.9. The van der Waals surface area contributed by atoms with Crippen molar-refractivity contribution in [2.75, 3.05) is 0 Å². The number of ketones is 1. The van der Waals surface area contributed by atoms with Gasteiger partial charge in [-0.05, 0) is 97.0 Å². The Balaban J connectivity index is 1.45. The molecule has 4 aliphatic rings. The zero-order valence-corrected chi connectivity index (χ0v) is 15.8. The Morgan fingerprint density at radius 2 is 1.84 bits per heavy atom. The molecule has 0 amide bonds. The summed E-state index contributed by atoms with van der Waals surface area (Å²) < 4.78 is 5.42. The van der Waals surface area contributed by atoms with Crippen molar-refractivity contribution in [1.29, 1.82) is 0 Å². The largest absolute Gasteiger partial charge is 0.472 e. The molecule has 4 fully saturated rings. The second-order valence-corrected chi connectivity index (χ2v) is 10.1. The summed E-state index contributed by atoms with van der Waals surface area (Å²) in [5, 5.41) is 0. The lowest BCUT2D eigenvalue weighted by Gasteiger charge is -2.60. The molecular weight excluding hydrogens is 308 g/mol. The van der Waals surface area contributed by atoms with Crippen LogP contribution < -0.4 is 0 Å². The van der Waals surface area contributed by atoms with Crippen LogP contribution in [0.5, 0.6) is 0 Å². The lowest BCUT2D eigenvalue weighted by Crippen LogP contribution is -2.53. The first-order chi connectivity index (χ1) is 12.0. The third kappa shape index (κ3) is 2.18. The van der Waals surface area contributed by atoms with Gasteiger partial charge in [0.15, 0.2) is 0 Å². The average Bonchev–Trinajstić information content (AvgIpc) is 3.22. The molecule has 0 N–H and O–H groups in total. The van der Waals surface area contributed by atoms with Crippen LogP contribution in [0.3, 0.4) is 0 Å². The van der Waals surface area contributed by atoms with Crippen LogP contribution in [0.2, 0.25) is 0 Å². The fourth-order valence-electron chi connectivity index (χ4n) is 8.07. The maximum atomic E-state index is 12.0. The van der Waals surface area contributed by atoms with Crippen LogP contribution >= 0.6 is 0 Å². The quantitative estimate of drug-likeness (QED) is 0.630. The van der Waals surface area contributed by atoms with Gasteiger partial charge in [0.05, 0.1) is 12.5 Å². The molecule has 25 heavy (non-hydrogen) atoms. The van der Waals surface area contributed by atoms with Gasteiger partial charge in [-0.15, -0.1) is 0 Å². The van der Waals surface area contributed by atoms with Crippen molar-refractivity contribution in [3.63, 3.8) is 0 Å². The number of fused-ring (bicyclic) bond motifs is 5. The van der Waals surface area contributed by atoms with Crippen molar-refractivity contribution in [3.8, 4) is 0 Å². The third-order valence-electron chi connectivity index (χ3n) is 9.43. The molecule has 0 saturated heterocycles. The molecule has 0 spiro atoms.